The molecule has 1 aliphatic heterocycles. The van der Waals surface area contributed by atoms with Gasteiger partial charge in [-0.25, -0.2) is 4.39 Å². The average Bonchev–Trinajstić information content (AvgIpc) is 3.25. The van der Waals surface area contributed by atoms with E-state index in [1.165, 1.54) is 48.9 Å². The van der Waals surface area contributed by atoms with Gasteiger partial charge in [-0.3, -0.25) is 9.59 Å². The Morgan fingerprint density at radius 2 is 1.57 bits per heavy atom. The van der Waals surface area contributed by atoms with Crippen molar-refractivity contribution < 1.29 is 14.0 Å². The summed E-state index contributed by atoms with van der Waals surface area (Å²) in [5.41, 5.74) is 4.33. The molecule has 37 heavy (non-hydrogen) atoms. The minimum Gasteiger partial charge on any atom is -0.388 e. The number of hydrogen-bond donors (Lipinski definition) is 2. The van der Waals surface area contributed by atoms with Crippen LogP contribution in [0.2, 0.25) is 5.02 Å². The van der Waals surface area contributed by atoms with E-state index >= 15 is 0 Å². The van der Waals surface area contributed by atoms with E-state index in [4.69, 9.17) is 11.6 Å². The van der Waals surface area contributed by atoms with E-state index in [0.717, 1.165) is 34.8 Å². The molecule has 1 saturated heterocycles. The highest BCUT2D eigenvalue weighted by molar-refractivity contribution is 8.00. The second kappa shape index (κ2) is 19.1. The molecule has 0 unspecified atom stereocenters. The Bertz CT molecular complexity index is 1060. The smallest absolute Gasteiger partial charge is 0.150 e. The number of nitrogens with zero attached hydrogens (tertiary/aromatic N) is 1. The summed E-state index contributed by atoms with van der Waals surface area (Å²) >= 11 is 7.76. The lowest BCUT2D eigenvalue weighted by Gasteiger charge is -2.20. The number of benzene rings is 3. The summed E-state index contributed by atoms with van der Waals surface area (Å²) in [4.78, 5) is 20.5. The second-order valence-electron chi connectivity index (χ2n) is 7.57. The molecule has 0 atom stereocenters. The third-order valence-corrected chi connectivity index (χ3v) is 6.58. The van der Waals surface area contributed by atoms with E-state index in [2.05, 4.69) is 14.9 Å². The van der Waals surface area contributed by atoms with Crippen LogP contribution in [0.1, 0.15) is 53.8 Å². The normalized spacial score (nSPS) is 12.1. The van der Waals surface area contributed by atoms with Crippen molar-refractivity contribution in [2.45, 2.75) is 33.1 Å². The quantitative estimate of drug-likeness (QED) is 0.249. The molecule has 3 aromatic carbocycles. The molecule has 8 heteroatoms. The lowest BCUT2D eigenvalue weighted by molar-refractivity contribution is 0.111. The maximum atomic E-state index is 12.2. The van der Waals surface area contributed by atoms with Crippen LogP contribution in [0.3, 0.4) is 0 Å². The summed E-state index contributed by atoms with van der Waals surface area (Å²) in [6, 6.07) is 19.1. The number of aldehydes is 2. The summed E-state index contributed by atoms with van der Waals surface area (Å²) in [6.07, 6.45) is 5.41. The maximum Gasteiger partial charge on any atom is 0.150 e. The molecule has 1 heterocycles. The van der Waals surface area contributed by atoms with E-state index in [-0.39, 0.29) is 5.82 Å². The molecule has 0 aromatic heterocycles. The monoisotopic (exact) mass is 545 g/mol. The van der Waals surface area contributed by atoms with E-state index in [9.17, 15) is 14.0 Å². The summed E-state index contributed by atoms with van der Waals surface area (Å²) in [6.45, 7) is 5.12. The van der Waals surface area contributed by atoms with Gasteiger partial charge >= 0.3 is 0 Å². The van der Waals surface area contributed by atoms with Gasteiger partial charge in [0.05, 0.1) is 10.7 Å². The Balaban J connectivity index is 0.000000278. The average molecular weight is 546 g/mol. The number of rotatable bonds is 5. The van der Waals surface area contributed by atoms with Crippen LogP contribution in [0.25, 0.3) is 0 Å². The molecule has 0 radical (unpaired) electrons. The van der Waals surface area contributed by atoms with Crippen molar-refractivity contribution in [3.63, 3.8) is 0 Å². The molecular weight excluding hydrogens is 509 g/mol. The van der Waals surface area contributed by atoms with Gasteiger partial charge in [0.1, 0.15) is 18.4 Å². The minimum absolute atomic E-state index is 0.370. The first kappa shape index (κ1) is 32.0. The van der Waals surface area contributed by atoms with Gasteiger partial charge in [-0.15, -0.1) is 0 Å². The van der Waals surface area contributed by atoms with Crippen LogP contribution in [0.4, 0.5) is 21.5 Å². The molecule has 1 aliphatic rings. The summed E-state index contributed by atoms with van der Waals surface area (Å²) < 4.78 is 14.5. The van der Waals surface area contributed by atoms with Gasteiger partial charge in [-0.2, -0.15) is 0 Å². The van der Waals surface area contributed by atoms with Crippen LogP contribution in [-0.2, 0) is 0 Å². The predicted molar refractivity (Wildman–Crippen MR) is 159 cm³/mol. The molecule has 1 fully saturated rings. The van der Waals surface area contributed by atoms with Crippen LogP contribution in [0.15, 0.2) is 66.7 Å². The fourth-order valence-electron chi connectivity index (χ4n) is 3.15. The van der Waals surface area contributed by atoms with Crippen LogP contribution in [0.5, 0.6) is 0 Å². The number of carbonyl (C=O) groups is 2. The topological polar surface area (TPSA) is 61.4 Å². The molecule has 4 rings (SSSR count). The molecule has 0 aliphatic carbocycles. The molecular formula is C29H37ClFN3O2S. The molecule has 3 aromatic rings. The summed E-state index contributed by atoms with van der Waals surface area (Å²) in [5.74, 6) is 0.828. The third kappa shape index (κ3) is 12.2. The van der Waals surface area contributed by atoms with E-state index in [1.54, 1.807) is 6.07 Å². The first-order valence-corrected chi connectivity index (χ1v) is 13.6. The van der Waals surface area contributed by atoms with Gasteiger partial charge in [-0.05, 0) is 79.4 Å². The highest BCUT2D eigenvalue weighted by Gasteiger charge is 2.10. The number of anilines is 3. The predicted octanol–water partition coefficient (Wildman–Crippen LogP) is 8.23. The van der Waals surface area contributed by atoms with Gasteiger partial charge in [0.25, 0.3) is 0 Å². The van der Waals surface area contributed by atoms with Crippen LogP contribution in [-0.4, -0.2) is 39.0 Å². The zero-order valence-electron chi connectivity index (χ0n) is 22.0. The van der Waals surface area contributed by atoms with Gasteiger partial charge in [-0.1, -0.05) is 44.0 Å². The molecule has 0 amide bonds. The highest BCUT2D eigenvalue weighted by atomic mass is 35.5. The zero-order valence-corrected chi connectivity index (χ0v) is 23.5. The van der Waals surface area contributed by atoms with Gasteiger partial charge in [0, 0.05) is 48.9 Å². The number of carbonyl (C=O) groups excluding carboxylic acids is 2. The molecule has 2 N–H and O–H groups in total. The first-order chi connectivity index (χ1) is 18.0. The van der Waals surface area contributed by atoms with E-state index < -0.39 is 0 Å². The SMILES string of the molecule is CC.CNc1ccc(Cl)c(NC)c1.O=Cc1ccc(N2CCCCCS2)cc1.O=Cc1cccc(F)c1. The molecule has 200 valence electrons. The summed E-state index contributed by atoms with van der Waals surface area (Å²) in [7, 11) is 3.73. The Morgan fingerprint density at radius 3 is 2.14 bits per heavy atom. The standard InChI is InChI=1S/C12H15NOS.C8H11ClN2.C7H5FO.C2H6/c14-10-11-4-6-12(7-5-11)13-8-2-1-3-9-15-13;1-10-6-3-4-7(9)8(5-6)11-2;8-7-3-1-2-6(4-7)5-9;1-2/h4-7,10H,1-3,8-9H2;3-5,10-11H,1-2H3;1-5H;1-2H3. The van der Waals surface area contributed by atoms with Crippen molar-refractivity contribution in [1.29, 1.82) is 0 Å². The van der Waals surface area contributed by atoms with Gasteiger partial charge < -0.3 is 14.9 Å². The minimum atomic E-state index is -0.375. The van der Waals surface area contributed by atoms with Gasteiger partial charge in [0.2, 0.25) is 0 Å². The highest BCUT2D eigenvalue weighted by Crippen LogP contribution is 2.27. The van der Waals surface area contributed by atoms with Crippen LogP contribution in [0, 0.1) is 5.82 Å². The van der Waals surface area contributed by atoms with Gasteiger partial charge in [0.15, 0.2) is 0 Å². The second-order valence-corrected chi connectivity index (χ2v) is 9.09. The fraction of sp³-hybridized carbons (Fsp3) is 0.310. The van der Waals surface area contributed by atoms with Crippen molar-refractivity contribution in [2.75, 3.05) is 41.3 Å². The van der Waals surface area contributed by atoms with Crippen LogP contribution < -0.4 is 14.9 Å². The largest absolute Gasteiger partial charge is 0.388 e. The molecule has 0 bridgehead atoms. The zero-order chi connectivity index (χ0) is 27.5. The lowest BCUT2D eigenvalue weighted by Crippen LogP contribution is -2.14. The van der Waals surface area contributed by atoms with Crippen molar-refractivity contribution in [3.8, 4) is 0 Å². The Hall–Kier alpha value is -3.03. The molecule has 5 nitrogen and oxygen atoms in total. The van der Waals surface area contributed by atoms with E-state index in [0.29, 0.717) is 11.8 Å². The Labute approximate surface area is 229 Å². The fourth-order valence-corrected chi connectivity index (χ4v) is 4.44. The number of nitrogens with one attached hydrogen (secondary N) is 2. The number of hydrogen-bond acceptors (Lipinski definition) is 6. The van der Waals surface area contributed by atoms with Crippen molar-refractivity contribution in [2.24, 2.45) is 0 Å². The molecule has 0 spiro atoms. The molecule has 0 saturated carbocycles. The maximum absolute atomic E-state index is 12.2. The lowest BCUT2D eigenvalue weighted by atomic mass is 10.2. The van der Waals surface area contributed by atoms with Crippen molar-refractivity contribution >= 4 is 53.2 Å². The van der Waals surface area contributed by atoms with Crippen molar-refractivity contribution in [1.82, 2.24) is 0 Å². The third-order valence-electron chi connectivity index (χ3n) is 5.08. The van der Waals surface area contributed by atoms with Crippen LogP contribution >= 0.6 is 23.5 Å². The Morgan fingerprint density at radius 1 is 0.865 bits per heavy atom. The summed E-state index contributed by atoms with van der Waals surface area (Å²) in [5, 5.41) is 6.77. The number of halogens is 2. The first-order valence-electron chi connectivity index (χ1n) is 12.3. The Kier molecular flexibility index (Phi) is 16.5. The van der Waals surface area contributed by atoms with E-state index in [1.807, 2.05) is 82.4 Å². The van der Waals surface area contributed by atoms with Crippen molar-refractivity contribution in [3.05, 3.63) is 88.7 Å².